The Bertz CT molecular complexity index is 639. The average molecular weight is 329 g/mol. The Kier molecular flexibility index (Phi) is 5.06. The minimum atomic E-state index is -4.53. The molecule has 0 N–H and O–H groups in total. The Labute approximate surface area is 132 Å². The van der Waals surface area contributed by atoms with Gasteiger partial charge in [-0.15, -0.1) is 0 Å². The predicted octanol–water partition coefficient (Wildman–Crippen LogP) is 5.25. The molecule has 1 aromatic carbocycles. The van der Waals surface area contributed by atoms with E-state index >= 15 is 0 Å². The van der Waals surface area contributed by atoms with E-state index in [1.807, 2.05) is 24.3 Å². The first-order chi connectivity index (χ1) is 10.3. The van der Waals surface area contributed by atoms with Gasteiger partial charge in [0.2, 0.25) is 0 Å². The molecule has 2 aromatic rings. The highest BCUT2D eigenvalue weighted by atomic mass is 35.5. The van der Waals surface area contributed by atoms with Crippen molar-refractivity contribution in [1.29, 1.82) is 0 Å². The quantitative estimate of drug-likeness (QED) is 0.716. The molecule has 0 aliphatic carbocycles. The molecule has 1 unspecified atom stereocenters. The van der Waals surface area contributed by atoms with Crippen LogP contribution in [0.5, 0.6) is 0 Å². The highest BCUT2D eigenvalue weighted by Gasteiger charge is 2.34. The van der Waals surface area contributed by atoms with Crippen LogP contribution in [0.1, 0.15) is 48.7 Å². The summed E-state index contributed by atoms with van der Waals surface area (Å²) in [6.45, 7) is 4.27. The predicted molar refractivity (Wildman–Crippen MR) is 80.0 cm³/mol. The molecule has 0 fully saturated rings. The normalized spacial score (nSPS) is 13.2. The number of hydrogen-bond donors (Lipinski definition) is 0. The lowest BCUT2D eigenvalue weighted by Gasteiger charge is -2.10. The minimum absolute atomic E-state index is 0.272. The van der Waals surface area contributed by atoms with Gasteiger partial charge in [-0.25, -0.2) is 9.97 Å². The van der Waals surface area contributed by atoms with Crippen LogP contribution in [0.25, 0.3) is 0 Å². The van der Waals surface area contributed by atoms with E-state index in [4.69, 9.17) is 11.6 Å². The Morgan fingerprint density at radius 1 is 1.18 bits per heavy atom. The Balaban J connectivity index is 2.16. The van der Waals surface area contributed by atoms with E-state index < -0.39 is 16.9 Å². The first kappa shape index (κ1) is 16.7. The van der Waals surface area contributed by atoms with Crippen molar-refractivity contribution in [2.45, 2.75) is 38.8 Å². The zero-order valence-corrected chi connectivity index (χ0v) is 13.0. The summed E-state index contributed by atoms with van der Waals surface area (Å²) in [5, 5.41) is -0.561. The first-order valence-electron chi connectivity index (χ1n) is 6.98. The molecule has 118 valence electrons. The summed E-state index contributed by atoms with van der Waals surface area (Å²) in [6, 6.07) is 7.93. The number of halogens is 4. The fourth-order valence-corrected chi connectivity index (χ4v) is 2.31. The summed E-state index contributed by atoms with van der Waals surface area (Å²) in [7, 11) is 0. The Morgan fingerprint density at radius 2 is 1.82 bits per heavy atom. The van der Waals surface area contributed by atoms with Gasteiger partial charge in [0.25, 0.3) is 0 Å². The molecule has 0 spiro atoms. The van der Waals surface area contributed by atoms with Crippen LogP contribution in [-0.4, -0.2) is 9.97 Å². The SMILES string of the molecule is CCC(C)c1ccc(Cc2ncc(C(F)(F)F)c(Cl)n2)cc1. The van der Waals surface area contributed by atoms with Gasteiger partial charge in [-0.1, -0.05) is 49.7 Å². The maximum Gasteiger partial charge on any atom is 0.420 e. The van der Waals surface area contributed by atoms with Crippen LogP contribution in [0.15, 0.2) is 30.5 Å². The number of alkyl halides is 3. The van der Waals surface area contributed by atoms with Crippen molar-refractivity contribution in [3.8, 4) is 0 Å². The van der Waals surface area contributed by atoms with Crippen molar-refractivity contribution < 1.29 is 13.2 Å². The highest BCUT2D eigenvalue weighted by molar-refractivity contribution is 6.30. The molecule has 0 aliphatic rings. The number of hydrogen-bond acceptors (Lipinski definition) is 2. The third-order valence-electron chi connectivity index (χ3n) is 3.62. The third kappa shape index (κ3) is 3.97. The van der Waals surface area contributed by atoms with Crippen molar-refractivity contribution in [1.82, 2.24) is 9.97 Å². The second-order valence-electron chi connectivity index (χ2n) is 5.22. The zero-order chi connectivity index (χ0) is 16.3. The Hall–Kier alpha value is -1.62. The second-order valence-corrected chi connectivity index (χ2v) is 5.57. The maximum atomic E-state index is 12.6. The molecule has 0 saturated carbocycles. The Morgan fingerprint density at radius 3 is 2.32 bits per heavy atom. The molecule has 2 nitrogen and oxygen atoms in total. The summed E-state index contributed by atoms with van der Waals surface area (Å²) >= 11 is 5.59. The lowest BCUT2D eigenvalue weighted by Crippen LogP contribution is -2.09. The van der Waals surface area contributed by atoms with Crippen LogP contribution >= 0.6 is 11.6 Å². The maximum absolute atomic E-state index is 12.6. The van der Waals surface area contributed by atoms with Gasteiger partial charge in [0, 0.05) is 12.6 Å². The molecule has 0 bridgehead atoms. The van der Waals surface area contributed by atoms with Gasteiger partial charge in [-0.05, 0) is 23.5 Å². The van der Waals surface area contributed by atoms with Crippen LogP contribution in [0.3, 0.4) is 0 Å². The second kappa shape index (κ2) is 6.65. The van der Waals surface area contributed by atoms with Gasteiger partial charge < -0.3 is 0 Å². The highest BCUT2D eigenvalue weighted by Crippen LogP contribution is 2.33. The zero-order valence-electron chi connectivity index (χ0n) is 12.3. The van der Waals surface area contributed by atoms with E-state index in [-0.39, 0.29) is 5.82 Å². The molecule has 2 rings (SSSR count). The van der Waals surface area contributed by atoms with Crippen molar-refractivity contribution in [3.63, 3.8) is 0 Å². The fraction of sp³-hybridized carbons (Fsp3) is 0.375. The van der Waals surface area contributed by atoms with Crippen molar-refractivity contribution in [2.24, 2.45) is 0 Å². The molecule has 6 heteroatoms. The summed E-state index contributed by atoms with van der Waals surface area (Å²) in [6.07, 6.45) is -2.40. The van der Waals surface area contributed by atoms with Crippen LogP contribution in [0.2, 0.25) is 5.15 Å². The van der Waals surface area contributed by atoms with Crippen LogP contribution in [-0.2, 0) is 12.6 Å². The molecule has 0 saturated heterocycles. The monoisotopic (exact) mass is 328 g/mol. The van der Waals surface area contributed by atoms with E-state index in [1.54, 1.807) is 0 Å². The molecule has 0 aliphatic heterocycles. The smallest absolute Gasteiger partial charge is 0.240 e. The van der Waals surface area contributed by atoms with E-state index in [0.717, 1.165) is 18.2 Å². The molecular weight excluding hydrogens is 313 g/mol. The van der Waals surface area contributed by atoms with Gasteiger partial charge in [0.1, 0.15) is 16.5 Å². The standard InChI is InChI=1S/C16H16ClF3N2/c1-3-10(2)12-6-4-11(5-7-12)8-14-21-9-13(15(17)22-14)16(18,19)20/h4-7,9-10H,3,8H2,1-2H3. The molecule has 0 radical (unpaired) electrons. The van der Waals surface area contributed by atoms with Crippen LogP contribution < -0.4 is 0 Å². The largest absolute Gasteiger partial charge is 0.420 e. The molecule has 1 atom stereocenters. The molecule has 22 heavy (non-hydrogen) atoms. The van der Waals surface area contributed by atoms with E-state index in [2.05, 4.69) is 23.8 Å². The minimum Gasteiger partial charge on any atom is -0.240 e. The molecule has 1 aromatic heterocycles. The topological polar surface area (TPSA) is 25.8 Å². The van der Waals surface area contributed by atoms with Crippen molar-refractivity contribution in [3.05, 3.63) is 58.1 Å². The first-order valence-corrected chi connectivity index (χ1v) is 7.36. The molecule has 1 heterocycles. The number of nitrogens with zero attached hydrogens (tertiary/aromatic N) is 2. The summed E-state index contributed by atoms with van der Waals surface area (Å²) in [5.41, 5.74) is 1.16. The summed E-state index contributed by atoms with van der Waals surface area (Å²) < 4.78 is 37.8. The van der Waals surface area contributed by atoms with E-state index in [9.17, 15) is 13.2 Å². The fourth-order valence-electron chi connectivity index (χ4n) is 2.05. The van der Waals surface area contributed by atoms with Crippen LogP contribution in [0, 0.1) is 0 Å². The van der Waals surface area contributed by atoms with Gasteiger partial charge in [0.05, 0.1) is 0 Å². The lowest BCUT2D eigenvalue weighted by atomic mass is 9.97. The van der Waals surface area contributed by atoms with Gasteiger partial charge in [-0.3, -0.25) is 0 Å². The molecule has 0 amide bonds. The van der Waals surface area contributed by atoms with Crippen LogP contribution in [0.4, 0.5) is 13.2 Å². The van der Waals surface area contributed by atoms with E-state index in [0.29, 0.717) is 12.3 Å². The van der Waals surface area contributed by atoms with Gasteiger partial charge >= 0.3 is 6.18 Å². The average Bonchev–Trinajstić information content (AvgIpc) is 2.46. The van der Waals surface area contributed by atoms with Crippen molar-refractivity contribution >= 4 is 11.6 Å². The number of aromatic nitrogens is 2. The third-order valence-corrected chi connectivity index (χ3v) is 3.91. The summed E-state index contributed by atoms with van der Waals surface area (Å²) in [5.74, 6) is 0.750. The number of benzene rings is 1. The van der Waals surface area contributed by atoms with Crippen molar-refractivity contribution in [2.75, 3.05) is 0 Å². The van der Waals surface area contributed by atoms with E-state index in [1.165, 1.54) is 5.56 Å². The van der Waals surface area contributed by atoms with Gasteiger partial charge in [0.15, 0.2) is 0 Å². The number of rotatable bonds is 4. The molecular formula is C16H16ClF3N2. The van der Waals surface area contributed by atoms with Gasteiger partial charge in [-0.2, -0.15) is 13.2 Å². The lowest BCUT2D eigenvalue weighted by molar-refractivity contribution is -0.138. The summed E-state index contributed by atoms with van der Waals surface area (Å²) in [4.78, 5) is 7.50.